The summed E-state index contributed by atoms with van der Waals surface area (Å²) in [6, 6.07) is 4.90. The molecule has 1 amide bonds. The Morgan fingerprint density at radius 3 is 2.57 bits per heavy atom. The number of carbonyl (C=O) groups is 1. The molecule has 1 aromatic heterocycles. The third-order valence-electron chi connectivity index (χ3n) is 2.85. The van der Waals surface area contributed by atoms with E-state index in [-0.39, 0.29) is 11.6 Å². The molecule has 1 aromatic carbocycles. The second kappa shape index (κ2) is 5.17. The largest absolute Gasteiger partial charge is 0.383 e. The van der Waals surface area contributed by atoms with Gasteiger partial charge in [-0.25, -0.2) is 9.97 Å². The van der Waals surface area contributed by atoms with Gasteiger partial charge in [-0.3, -0.25) is 4.79 Å². The van der Waals surface area contributed by atoms with Gasteiger partial charge in [-0.1, -0.05) is 0 Å². The number of anilines is 3. The lowest BCUT2D eigenvalue weighted by Gasteiger charge is -2.08. The topological polar surface area (TPSA) is 127 Å². The number of aliphatic hydroxyl groups is 1. The summed E-state index contributed by atoms with van der Waals surface area (Å²) in [6.07, 6.45) is -1.14. The lowest BCUT2D eigenvalue weighted by atomic mass is 10.1. The normalized spacial score (nSPS) is 16.7. The molecule has 1 unspecified atom stereocenters. The van der Waals surface area contributed by atoms with Crippen LogP contribution >= 0.6 is 27.7 Å². The van der Waals surface area contributed by atoms with E-state index in [1.165, 1.54) is 17.8 Å². The van der Waals surface area contributed by atoms with Crippen molar-refractivity contribution in [3.05, 3.63) is 28.2 Å². The number of nitrogens with two attached hydrogens (primary N) is 2. The van der Waals surface area contributed by atoms with E-state index in [0.29, 0.717) is 20.9 Å². The molecule has 7 nitrogen and oxygen atoms in total. The number of fused-ring (bicyclic) bond motifs is 1. The number of halogens is 1. The third kappa shape index (κ3) is 2.67. The second-order valence-electron chi connectivity index (χ2n) is 4.36. The minimum Gasteiger partial charge on any atom is -0.383 e. The van der Waals surface area contributed by atoms with Gasteiger partial charge in [0.1, 0.15) is 11.6 Å². The van der Waals surface area contributed by atoms with Crippen molar-refractivity contribution < 1.29 is 9.90 Å². The summed E-state index contributed by atoms with van der Waals surface area (Å²) >= 11 is 4.65. The fourth-order valence-corrected chi connectivity index (χ4v) is 3.37. The average Bonchev–Trinajstić information content (AvgIpc) is 2.65. The van der Waals surface area contributed by atoms with Gasteiger partial charge < -0.3 is 21.9 Å². The number of hydrogen-bond acceptors (Lipinski definition) is 7. The molecule has 1 aliphatic rings. The summed E-state index contributed by atoms with van der Waals surface area (Å²) in [4.78, 5) is 20.4. The van der Waals surface area contributed by atoms with Crippen LogP contribution in [0.1, 0.15) is 11.7 Å². The fraction of sp³-hybridized carbons (Fsp3) is 0.0833. The fourth-order valence-electron chi connectivity index (χ4n) is 1.93. The quantitative estimate of drug-likeness (QED) is 0.592. The summed E-state index contributed by atoms with van der Waals surface area (Å²) in [5.41, 5.74) is 12.4. The summed E-state index contributed by atoms with van der Waals surface area (Å²) < 4.78 is 0.714. The van der Waals surface area contributed by atoms with Crippen LogP contribution in [0.25, 0.3) is 0 Å². The maximum Gasteiger partial charge on any atom is 0.257 e. The number of amides is 1. The molecule has 6 N–H and O–H groups in total. The van der Waals surface area contributed by atoms with E-state index in [1.807, 2.05) is 0 Å². The van der Waals surface area contributed by atoms with Crippen LogP contribution in [0.3, 0.4) is 0 Å². The molecule has 108 valence electrons. The van der Waals surface area contributed by atoms with E-state index in [2.05, 4.69) is 31.2 Å². The monoisotopic (exact) mass is 367 g/mol. The van der Waals surface area contributed by atoms with Gasteiger partial charge in [0.05, 0.1) is 0 Å². The molecule has 9 heteroatoms. The van der Waals surface area contributed by atoms with Crippen molar-refractivity contribution in [1.82, 2.24) is 9.97 Å². The minimum absolute atomic E-state index is 0.283. The lowest BCUT2D eigenvalue weighted by Crippen LogP contribution is -2.10. The first kappa shape index (κ1) is 14.1. The first-order chi connectivity index (χ1) is 9.94. The molecule has 3 rings (SSSR count). The molecule has 0 saturated heterocycles. The van der Waals surface area contributed by atoms with Gasteiger partial charge in [0.2, 0.25) is 0 Å². The van der Waals surface area contributed by atoms with Crippen molar-refractivity contribution in [2.75, 3.05) is 16.8 Å². The minimum atomic E-state index is -1.14. The van der Waals surface area contributed by atoms with Crippen LogP contribution in [0, 0.1) is 0 Å². The van der Waals surface area contributed by atoms with Crippen molar-refractivity contribution in [2.24, 2.45) is 0 Å². The molecular weight excluding hydrogens is 358 g/mol. The molecule has 2 aromatic rings. The Hall–Kier alpha value is -1.84. The Morgan fingerprint density at radius 2 is 1.90 bits per heavy atom. The maximum absolute atomic E-state index is 11.5. The van der Waals surface area contributed by atoms with Crippen LogP contribution in [0.4, 0.5) is 17.3 Å². The van der Waals surface area contributed by atoms with Gasteiger partial charge in [-0.05, 0) is 39.8 Å². The zero-order valence-corrected chi connectivity index (χ0v) is 12.9. The Balaban J connectivity index is 1.97. The predicted octanol–water partition coefficient (Wildman–Crippen LogP) is 1.54. The molecule has 0 saturated carbocycles. The van der Waals surface area contributed by atoms with Crippen molar-refractivity contribution in [3.63, 3.8) is 0 Å². The van der Waals surface area contributed by atoms with Gasteiger partial charge >= 0.3 is 0 Å². The highest BCUT2D eigenvalue weighted by Gasteiger charge is 2.29. The molecule has 0 aliphatic carbocycles. The molecule has 0 fully saturated rings. The average molecular weight is 368 g/mol. The van der Waals surface area contributed by atoms with Crippen LogP contribution in [0.5, 0.6) is 0 Å². The molecule has 0 radical (unpaired) electrons. The van der Waals surface area contributed by atoms with Crippen LogP contribution < -0.4 is 16.8 Å². The van der Waals surface area contributed by atoms with E-state index in [4.69, 9.17) is 11.5 Å². The number of nitrogens with one attached hydrogen (secondary N) is 1. The molecule has 1 atom stereocenters. The first-order valence-electron chi connectivity index (χ1n) is 5.84. The highest BCUT2D eigenvalue weighted by Crippen LogP contribution is 2.40. The van der Waals surface area contributed by atoms with Crippen molar-refractivity contribution in [3.8, 4) is 0 Å². The van der Waals surface area contributed by atoms with Gasteiger partial charge in [0.25, 0.3) is 5.91 Å². The number of hydrogen-bond donors (Lipinski definition) is 4. The zero-order valence-electron chi connectivity index (χ0n) is 10.5. The highest BCUT2D eigenvalue weighted by atomic mass is 79.9. The Bertz CT molecular complexity index is 734. The van der Waals surface area contributed by atoms with Gasteiger partial charge in [-0.2, -0.15) is 0 Å². The molecule has 2 heterocycles. The van der Waals surface area contributed by atoms with E-state index in [9.17, 15) is 9.90 Å². The second-order valence-corrected chi connectivity index (χ2v) is 6.23. The summed E-state index contributed by atoms with van der Waals surface area (Å²) in [5.74, 6) is 0.125. The molecular formula is C12H10BrN5O2S. The van der Waals surface area contributed by atoms with Crippen LogP contribution in [0.15, 0.2) is 32.7 Å². The maximum atomic E-state index is 11.5. The Kier molecular flexibility index (Phi) is 3.47. The van der Waals surface area contributed by atoms with E-state index >= 15 is 0 Å². The van der Waals surface area contributed by atoms with Crippen molar-refractivity contribution in [1.29, 1.82) is 0 Å². The highest BCUT2D eigenvalue weighted by molar-refractivity contribution is 9.10. The van der Waals surface area contributed by atoms with Gasteiger partial charge in [0, 0.05) is 26.7 Å². The van der Waals surface area contributed by atoms with Crippen molar-refractivity contribution in [2.45, 2.75) is 16.2 Å². The molecule has 1 aliphatic heterocycles. The first-order valence-corrected chi connectivity index (χ1v) is 7.45. The van der Waals surface area contributed by atoms with Gasteiger partial charge in [0.15, 0.2) is 11.3 Å². The number of nitrogen functional groups attached to an aromatic ring is 2. The van der Waals surface area contributed by atoms with E-state index in [0.717, 1.165) is 4.90 Å². The smallest absolute Gasteiger partial charge is 0.257 e. The Morgan fingerprint density at radius 1 is 1.24 bits per heavy atom. The molecule has 21 heavy (non-hydrogen) atoms. The van der Waals surface area contributed by atoms with E-state index in [1.54, 1.807) is 12.1 Å². The standard InChI is InChI=1S/C12H10BrN5O2S/c13-5-1-4-6(16-11(20)10(4)19)2-7(5)21-12-17-8(14)3-9(15)18-12/h1-3,10,19H,(H,16,20)(H4,14,15,17,18). The SMILES string of the molecule is Nc1cc(N)nc(Sc2cc3c(cc2Br)C(O)C(=O)N3)n1. The molecule has 0 spiro atoms. The number of benzene rings is 1. The lowest BCUT2D eigenvalue weighted by molar-refractivity contribution is -0.123. The number of aliphatic hydroxyl groups excluding tert-OH is 1. The number of nitrogens with zero attached hydrogens (tertiary/aromatic N) is 2. The zero-order chi connectivity index (χ0) is 15.1. The number of carbonyl (C=O) groups excluding carboxylic acids is 1. The summed E-state index contributed by atoms with van der Waals surface area (Å²) in [7, 11) is 0. The Labute approximate surface area is 132 Å². The van der Waals surface area contributed by atoms with Gasteiger partial charge in [-0.15, -0.1) is 0 Å². The van der Waals surface area contributed by atoms with Crippen LogP contribution in [-0.4, -0.2) is 21.0 Å². The van der Waals surface area contributed by atoms with E-state index < -0.39 is 12.0 Å². The van der Waals surface area contributed by atoms with Crippen LogP contribution in [0.2, 0.25) is 0 Å². The summed E-state index contributed by atoms with van der Waals surface area (Å²) in [5, 5.41) is 12.7. The number of aromatic nitrogens is 2. The summed E-state index contributed by atoms with van der Waals surface area (Å²) in [6.45, 7) is 0. The van der Waals surface area contributed by atoms with Crippen LogP contribution in [-0.2, 0) is 4.79 Å². The van der Waals surface area contributed by atoms with Crippen molar-refractivity contribution >= 4 is 50.9 Å². The molecule has 0 bridgehead atoms. The number of rotatable bonds is 2. The third-order valence-corrected chi connectivity index (χ3v) is 4.69. The predicted molar refractivity (Wildman–Crippen MR) is 82.7 cm³/mol.